The Morgan fingerprint density at radius 3 is 2.72 bits per heavy atom. The molecule has 4 nitrogen and oxygen atoms in total. The van der Waals surface area contributed by atoms with Crippen molar-refractivity contribution in [3.05, 3.63) is 57.5 Å². The summed E-state index contributed by atoms with van der Waals surface area (Å²) in [5.41, 5.74) is 6.38. The van der Waals surface area contributed by atoms with Gasteiger partial charge < -0.3 is 15.0 Å². The van der Waals surface area contributed by atoms with Crippen molar-refractivity contribution < 1.29 is 4.74 Å². The molecule has 0 saturated heterocycles. The van der Waals surface area contributed by atoms with Crippen LogP contribution in [0.15, 0.2) is 41.3 Å². The summed E-state index contributed by atoms with van der Waals surface area (Å²) in [7, 11) is 1.48. The summed E-state index contributed by atoms with van der Waals surface area (Å²) in [5, 5.41) is 0.624. The summed E-state index contributed by atoms with van der Waals surface area (Å²) in [6, 6.07) is 9.04. The van der Waals surface area contributed by atoms with E-state index in [-0.39, 0.29) is 11.2 Å². The Morgan fingerprint density at radius 1 is 1.33 bits per heavy atom. The molecule has 2 aromatic rings. The van der Waals surface area contributed by atoms with Gasteiger partial charge in [0.15, 0.2) is 0 Å². The predicted octanol–water partition coefficient (Wildman–Crippen LogP) is 2.14. The molecule has 2 rings (SSSR count). The second-order valence-corrected chi connectivity index (χ2v) is 4.23. The summed E-state index contributed by atoms with van der Waals surface area (Å²) in [4.78, 5) is 12.0. The first kappa shape index (κ1) is 12.5. The Kier molecular flexibility index (Phi) is 3.58. The highest BCUT2D eigenvalue weighted by Gasteiger charge is 2.08. The summed E-state index contributed by atoms with van der Waals surface area (Å²) < 4.78 is 6.49. The standard InChI is InChI=1S/C13H13ClN2O2/c1-18-11-6-7-16(13(17)12(11)15)8-9-4-2-3-5-10(9)14/h2-7H,8,15H2,1H3. The number of benzene rings is 1. The minimum atomic E-state index is -0.283. The van der Waals surface area contributed by atoms with E-state index in [9.17, 15) is 4.79 Å². The van der Waals surface area contributed by atoms with Crippen LogP contribution in [0, 0.1) is 0 Å². The predicted molar refractivity (Wildman–Crippen MR) is 72.2 cm³/mol. The van der Waals surface area contributed by atoms with Gasteiger partial charge in [0.05, 0.1) is 13.7 Å². The Bertz CT molecular complexity index is 623. The first-order valence-electron chi connectivity index (χ1n) is 5.40. The van der Waals surface area contributed by atoms with Crippen molar-refractivity contribution >= 4 is 17.3 Å². The normalized spacial score (nSPS) is 10.3. The molecule has 0 amide bonds. The molecule has 0 fully saturated rings. The van der Waals surface area contributed by atoms with Crippen LogP contribution < -0.4 is 16.0 Å². The fraction of sp³-hybridized carbons (Fsp3) is 0.154. The van der Waals surface area contributed by atoms with Crippen LogP contribution >= 0.6 is 11.6 Å². The fourth-order valence-electron chi connectivity index (χ4n) is 1.69. The second-order valence-electron chi connectivity index (χ2n) is 3.82. The lowest BCUT2D eigenvalue weighted by molar-refractivity contribution is 0.415. The maximum absolute atomic E-state index is 12.0. The van der Waals surface area contributed by atoms with Gasteiger partial charge in [-0.2, -0.15) is 0 Å². The molecule has 0 bridgehead atoms. The van der Waals surface area contributed by atoms with Crippen LogP contribution in [-0.2, 0) is 6.54 Å². The van der Waals surface area contributed by atoms with E-state index in [1.165, 1.54) is 11.7 Å². The molecular formula is C13H13ClN2O2. The molecule has 1 aromatic carbocycles. The Morgan fingerprint density at radius 2 is 2.06 bits per heavy atom. The van der Waals surface area contributed by atoms with Crippen LogP contribution in [-0.4, -0.2) is 11.7 Å². The van der Waals surface area contributed by atoms with Gasteiger partial charge >= 0.3 is 0 Å². The van der Waals surface area contributed by atoms with E-state index in [4.69, 9.17) is 22.1 Å². The number of nitrogens with two attached hydrogens (primary N) is 1. The van der Waals surface area contributed by atoms with Gasteiger partial charge in [-0.05, 0) is 17.7 Å². The summed E-state index contributed by atoms with van der Waals surface area (Å²) in [6.45, 7) is 0.382. The van der Waals surface area contributed by atoms with Crippen molar-refractivity contribution in [2.45, 2.75) is 6.54 Å². The van der Waals surface area contributed by atoms with Crippen molar-refractivity contribution in [1.29, 1.82) is 0 Å². The second kappa shape index (κ2) is 5.14. The maximum atomic E-state index is 12.0. The van der Waals surface area contributed by atoms with Crippen LogP contribution in [0.4, 0.5) is 5.69 Å². The molecule has 18 heavy (non-hydrogen) atoms. The first-order valence-corrected chi connectivity index (χ1v) is 5.77. The van der Waals surface area contributed by atoms with E-state index in [2.05, 4.69) is 0 Å². The van der Waals surface area contributed by atoms with Crippen LogP contribution in [0.2, 0.25) is 5.02 Å². The van der Waals surface area contributed by atoms with E-state index in [0.29, 0.717) is 17.3 Å². The zero-order chi connectivity index (χ0) is 13.1. The molecule has 0 aliphatic rings. The van der Waals surface area contributed by atoms with Gasteiger partial charge in [-0.1, -0.05) is 29.8 Å². The van der Waals surface area contributed by atoms with E-state index in [1.807, 2.05) is 18.2 Å². The number of pyridine rings is 1. The van der Waals surface area contributed by atoms with Gasteiger partial charge in [0.1, 0.15) is 11.4 Å². The van der Waals surface area contributed by atoms with E-state index < -0.39 is 0 Å². The molecule has 0 aliphatic heterocycles. The van der Waals surface area contributed by atoms with Gasteiger partial charge in [-0.25, -0.2) is 0 Å². The number of halogens is 1. The first-order chi connectivity index (χ1) is 8.63. The Labute approximate surface area is 110 Å². The topological polar surface area (TPSA) is 57.2 Å². The minimum absolute atomic E-state index is 0.104. The largest absolute Gasteiger partial charge is 0.494 e. The van der Waals surface area contributed by atoms with Gasteiger partial charge in [-0.3, -0.25) is 4.79 Å². The van der Waals surface area contributed by atoms with Crippen LogP contribution in [0.3, 0.4) is 0 Å². The SMILES string of the molecule is COc1ccn(Cc2ccccc2Cl)c(=O)c1N. The number of nitrogens with zero attached hydrogens (tertiary/aromatic N) is 1. The minimum Gasteiger partial charge on any atom is -0.494 e. The molecule has 0 unspecified atom stereocenters. The van der Waals surface area contributed by atoms with Crippen LogP contribution in [0.5, 0.6) is 5.75 Å². The molecule has 0 atom stereocenters. The number of ether oxygens (including phenoxy) is 1. The fourth-order valence-corrected chi connectivity index (χ4v) is 1.88. The molecule has 0 radical (unpaired) electrons. The van der Waals surface area contributed by atoms with Crippen molar-refractivity contribution in [3.8, 4) is 5.75 Å². The molecule has 0 aliphatic carbocycles. The monoisotopic (exact) mass is 264 g/mol. The van der Waals surface area contributed by atoms with Crippen molar-refractivity contribution in [2.24, 2.45) is 0 Å². The lowest BCUT2D eigenvalue weighted by atomic mass is 10.2. The maximum Gasteiger partial charge on any atom is 0.277 e. The lowest BCUT2D eigenvalue weighted by Crippen LogP contribution is -2.23. The number of rotatable bonds is 3. The average Bonchev–Trinajstić information content (AvgIpc) is 2.38. The van der Waals surface area contributed by atoms with Crippen molar-refractivity contribution in [1.82, 2.24) is 4.57 Å². The van der Waals surface area contributed by atoms with Crippen molar-refractivity contribution in [2.75, 3.05) is 12.8 Å². The molecule has 1 aromatic heterocycles. The van der Waals surface area contributed by atoms with Crippen LogP contribution in [0.1, 0.15) is 5.56 Å². The zero-order valence-corrected chi connectivity index (χ0v) is 10.6. The number of nitrogen functional groups attached to an aromatic ring is 1. The summed E-state index contributed by atoms with van der Waals surface area (Å²) >= 11 is 6.05. The molecule has 1 heterocycles. The zero-order valence-electron chi connectivity index (χ0n) is 9.89. The average molecular weight is 265 g/mol. The van der Waals surface area contributed by atoms with Gasteiger partial charge in [-0.15, -0.1) is 0 Å². The number of aromatic nitrogens is 1. The summed E-state index contributed by atoms with van der Waals surface area (Å²) in [5.74, 6) is 0.385. The van der Waals surface area contributed by atoms with E-state index >= 15 is 0 Å². The van der Waals surface area contributed by atoms with E-state index in [0.717, 1.165) is 5.56 Å². The highest BCUT2D eigenvalue weighted by molar-refractivity contribution is 6.31. The highest BCUT2D eigenvalue weighted by atomic mass is 35.5. The number of anilines is 1. The molecule has 0 spiro atoms. The van der Waals surface area contributed by atoms with Crippen molar-refractivity contribution in [3.63, 3.8) is 0 Å². The number of hydrogen-bond acceptors (Lipinski definition) is 3. The number of hydrogen-bond donors (Lipinski definition) is 1. The molecule has 94 valence electrons. The third-order valence-corrected chi connectivity index (χ3v) is 3.05. The Hall–Kier alpha value is -1.94. The van der Waals surface area contributed by atoms with E-state index in [1.54, 1.807) is 18.3 Å². The molecular weight excluding hydrogens is 252 g/mol. The summed E-state index contributed by atoms with van der Waals surface area (Å²) in [6.07, 6.45) is 1.64. The smallest absolute Gasteiger partial charge is 0.277 e. The Balaban J connectivity index is 2.40. The van der Waals surface area contributed by atoms with Gasteiger partial charge in [0, 0.05) is 11.2 Å². The lowest BCUT2D eigenvalue weighted by Gasteiger charge is -2.10. The number of methoxy groups -OCH3 is 1. The third kappa shape index (κ3) is 2.33. The highest BCUT2D eigenvalue weighted by Crippen LogP contribution is 2.18. The quantitative estimate of drug-likeness (QED) is 0.924. The molecule has 5 heteroatoms. The molecule has 0 saturated carbocycles. The third-order valence-electron chi connectivity index (χ3n) is 2.68. The van der Waals surface area contributed by atoms with Crippen LogP contribution in [0.25, 0.3) is 0 Å². The molecule has 2 N–H and O–H groups in total. The van der Waals surface area contributed by atoms with Gasteiger partial charge in [0.25, 0.3) is 5.56 Å². The van der Waals surface area contributed by atoms with Gasteiger partial charge in [0.2, 0.25) is 0 Å².